The van der Waals surface area contributed by atoms with Gasteiger partial charge in [-0.1, -0.05) is 6.42 Å². The molecule has 0 aliphatic carbocycles. The van der Waals surface area contributed by atoms with Gasteiger partial charge in [0.1, 0.15) is 22.0 Å². The fourth-order valence-corrected chi connectivity index (χ4v) is 5.37. The number of ether oxygens (including phenoxy) is 1. The van der Waals surface area contributed by atoms with E-state index in [9.17, 15) is 13.2 Å². The van der Waals surface area contributed by atoms with Gasteiger partial charge in [-0.25, -0.2) is 13.4 Å². The van der Waals surface area contributed by atoms with Crippen molar-refractivity contribution in [2.75, 3.05) is 25.0 Å². The number of pyridine rings is 1. The summed E-state index contributed by atoms with van der Waals surface area (Å²) in [5.41, 5.74) is 2.34. The predicted molar refractivity (Wildman–Crippen MR) is 118 cm³/mol. The first kappa shape index (κ1) is 21.3. The van der Waals surface area contributed by atoms with Crippen molar-refractivity contribution in [3.63, 3.8) is 0 Å². The fraction of sp³-hybridized carbons (Fsp3) is 0.364. The first-order valence-corrected chi connectivity index (χ1v) is 11.9. The van der Waals surface area contributed by atoms with Crippen molar-refractivity contribution in [2.45, 2.75) is 38.0 Å². The number of benzene rings is 1. The number of fused-ring (bicyclic) bond motifs is 1. The number of aromatic nitrogens is 2. The van der Waals surface area contributed by atoms with E-state index < -0.39 is 15.9 Å². The van der Waals surface area contributed by atoms with E-state index in [2.05, 4.69) is 10.3 Å². The molecule has 1 fully saturated rings. The Morgan fingerprint density at radius 3 is 2.68 bits per heavy atom. The van der Waals surface area contributed by atoms with E-state index in [-0.39, 0.29) is 16.3 Å². The molecule has 164 valence electrons. The molecule has 1 aliphatic rings. The Hall–Kier alpha value is -2.91. The topological polar surface area (TPSA) is 93.0 Å². The van der Waals surface area contributed by atoms with Gasteiger partial charge in [0.05, 0.1) is 6.61 Å². The quantitative estimate of drug-likeness (QED) is 0.631. The van der Waals surface area contributed by atoms with Crippen LogP contribution in [0.15, 0.2) is 47.6 Å². The van der Waals surface area contributed by atoms with E-state index in [1.165, 1.54) is 10.4 Å². The Bertz CT molecular complexity index is 1210. The number of sulfonamides is 1. The number of piperidine rings is 1. The third kappa shape index (κ3) is 4.42. The number of anilines is 1. The van der Waals surface area contributed by atoms with E-state index >= 15 is 0 Å². The zero-order valence-corrected chi connectivity index (χ0v) is 18.5. The lowest BCUT2D eigenvalue weighted by Crippen LogP contribution is -2.35. The lowest BCUT2D eigenvalue weighted by Gasteiger charge is -2.27. The van der Waals surface area contributed by atoms with Gasteiger partial charge in [-0.15, -0.1) is 0 Å². The molecule has 3 heterocycles. The van der Waals surface area contributed by atoms with Crippen LogP contribution in [0.5, 0.6) is 5.75 Å². The summed E-state index contributed by atoms with van der Waals surface area (Å²) >= 11 is 0. The second-order valence-electron chi connectivity index (χ2n) is 7.61. The Morgan fingerprint density at radius 2 is 1.94 bits per heavy atom. The minimum absolute atomic E-state index is 0.0691. The number of rotatable bonds is 6. The van der Waals surface area contributed by atoms with E-state index in [1.807, 2.05) is 25.3 Å². The summed E-state index contributed by atoms with van der Waals surface area (Å²) in [6.07, 6.45) is 6.19. The average Bonchev–Trinajstić information content (AvgIpc) is 3.19. The number of nitrogens with zero attached hydrogens (tertiary/aromatic N) is 3. The summed E-state index contributed by atoms with van der Waals surface area (Å²) in [5.74, 6) is -0.124. The van der Waals surface area contributed by atoms with Gasteiger partial charge in [-0.2, -0.15) is 4.31 Å². The van der Waals surface area contributed by atoms with Gasteiger partial charge in [0.2, 0.25) is 10.0 Å². The normalized spacial score (nSPS) is 15.2. The molecule has 8 nitrogen and oxygen atoms in total. The monoisotopic (exact) mass is 442 g/mol. The van der Waals surface area contributed by atoms with Crippen LogP contribution in [0.25, 0.3) is 5.65 Å². The standard InChI is InChI=1S/C22H26N4O4S/c1-3-30-19-8-7-17(14-20(19)31(28,29)26-10-5-4-6-11-26)23-22(27)18-15-25-12-9-16(2)13-21(25)24-18/h7-9,12-15H,3-6,10-11H2,1-2H3,(H,23,27). The largest absolute Gasteiger partial charge is 0.492 e. The summed E-state index contributed by atoms with van der Waals surface area (Å²) < 4.78 is 35.4. The Kier molecular flexibility index (Phi) is 5.97. The number of imidazole rings is 1. The van der Waals surface area contributed by atoms with Gasteiger partial charge in [-0.05, 0) is 62.6 Å². The van der Waals surface area contributed by atoms with Crippen LogP contribution in [0.3, 0.4) is 0 Å². The fourth-order valence-electron chi connectivity index (χ4n) is 3.69. The number of carbonyl (C=O) groups is 1. The maximum Gasteiger partial charge on any atom is 0.275 e. The van der Waals surface area contributed by atoms with Crippen LogP contribution in [-0.4, -0.2) is 47.7 Å². The number of amides is 1. The molecule has 31 heavy (non-hydrogen) atoms. The summed E-state index contributed by atoms with van der Waals surface area (Å²) in [5, 5.41) is 2.77. The third-order valence-corrected chi connectivity index (χ3v) is 7.20. The predicted octanol–water partition coefficient (Wildman–Crippen LogP) is 3.47. The van der Waals surface area contributed by atoms with E-state index in [0.717, 1.165) is 24.8 Å². The number of hydrogen-bond donors (Lipinski definition) is 1. The molecule has 2 aromatic heterocycles. The van der Waals surface area contributed by atoms with Crippen molar-refractivity contribution >= 4 is 27.3 Å². The Balaban J connectivity index is 1.63. The van der Waals surface area contributed by atoms with Crippen LogP contribution in [0.1, 0.15) is 42.2 Å². The maximum atomic E-state index is 13.3. The molecule has 3 aromatic rings. The van der Waals surface area contributed by atoms with Crippen molar-refractivity contribution in [3.8, 4) is 5.75 Å². The summed E-state index contributed by atoms with van der Waals surface area (Å²) in [7, 11) is -3.73. The van der Waals surface area contributed by atoms with Gasteiger partial charge in [0.25, 0.3) is 5.91 Å². The van der Waals surface area contributed by atoms with Gasteiger partial charge in [0, 0.05) is 31.2 Å². The van der Waals surface area contributed by atoms with E-state index in [4.69, 9.17) is 4.74 Å². The van der Waals surface area contributed by atoms with Crippen LogP contribution in [0, 0.1) is 6.92 Å². The molecule has 0 atom stereocenters. The SMILES string of the molecule is CCOc1ccc(NC(=O)c2cn3ccc(C)cc3n2)cc1S(=O)(=O)N1CCCCC1. The molecule has 0 radical (unpaired) electrons. The molecule has 0 bridgehead atoms. The molecule has 0 unspecified atom stereocenters. The molecule has 4 rings (SSSR count). The zero-order valence-electron chi connectivity index (χ0n) is 17.7. The van der Waals surface area contributed by atoms with Gasteiger partial charge in [-0.3, -0.25) is 4.79 Å². The lowest BCUT2D eigenvalue weighted by molar-refractivity contribution is 0.102. The highest BCUT2D eigenvalue weighted by Crippen LogP contribution is 2.31. The van der Waals surface area contributed by atoms with Crippen LogP contribution in [0.4, 0.5) is 5.69 Å². The van der Waals surface area contributed by atoms with Crippen molar-refractivity contribution in [2.24, 2.45) is 0 Å². The van der Waals surface area contributed by atoms with E-state index in [0.29, 0.717) is 31.0 Å². The van der Waals surface area contributed by atoms with E-state index in [1.54, 1.807) is 29.7 Å². The molecule has 1 aromatic carbocycles. The molecule has 1 N–H and O–H groups in total. The average molecular weight is 443 g/mol. The lowest BCUT2D eigenvalue weighted by atomic mass is 10.2. The summed E-state index contributed by atoms with van der Waals surface area (Å²) in [4.78, 5) is 17.2. The van der Waals surface area contributed by atoms with Crippen molar-refractivity contribution in [1.29, 1.82) is 0 Å². The second-order valence-corrected chi connectivity index (χ2v) is 9.52. The molecular formula is C22H26N4O4S. The second kappa shape index (κ2) is 8.68. The van der Waals surface area contributed by atoms with Gasteiger partial charge < -0.3 is 14.5 Å². The van der Waals surface area contributed by atoms with Crippen LogP contribution in [-0.2, 0) is 10.0 Å². The molecule has 0 spiro atoms. The first-order valence-electron chi connectivity index (χ1n) is 10.4. The summed E-state index contributed by atoms with van der Waals surface area (Å²) in [6, 6.07) is 8.51. The van der Waals surface area contributed by atoms with Crippen LogP contribution in [0.2, 0.25) is 0 Å². The highest BCUT2D eigenvalue weighted by Gasteiger charge is 2.29. The maximum absolute atomic E-state index is 13.3. The minimum atomic E-state index is -3.73. The summed E-state index contributed by atoms with van der Waals surface area (Å²) in [6.45, 7) is 5.09. The van der Waals surface area contributed by atoms with Crippen molar-refractivity contribution < 1.29 is 17.9 Å². The van der Waals surface area contributed by atoms with Crippen molar-refractivity contribution in [3.05, 3.63) is 54.0 Å². The molecule has 0 saturated carbocycles. The zero-order chi connectivity index (χ0) is 22.0. The van der Waals surface area contributed by atoms with Crippen molar-refractivity contribution in [1.82, 2.24) is 13.7 Å². The van der Waals surface area contributed by atoms with Crippen LogP contribution < -0.4 is 10.1 Å². The van der Waals surface area contributed by atoms with Gasteiger partial charge >= 0.3 is 0 Å². The Labute approximate surface area is 181 Å². The number of aryl methyl sites for hydroxylation is 1. The molecular weight excluding hydrogens is 416 g/mol. The molecule has 1 aliphatic heterocycles. The van der Waals surface area contributed by atoms with Gasteiger partial charge in [0.15, 0.2) is 0 Å². The first-order chi connectivity index (χ1) is 14.9. The number of carbonyl (C=O) groups excluding carboxylic acids is 1. The molecule has 9 heteroatoms. The third-order valence-electron chi connectivity index (χ3n) is 5.28. The highest BCUT2D eigenvalue weighted by molar-refractivity contribution is 7.89. The smallest absolute Gasteiger partial charge is 0.275 e. The highest BCUT2D eigenvalue weighted by atomic mass is 32.2. The minimum Gasteiger partial charge on any atom is -0.492 e. The molecule has 1 saturated heterocycles. The Morgan fingerprint density at radius 1 is 1.16 bits per heavy atom. The molecule has 1 amide bonds. The van der Waals surface area contributed by atoms with Crippen LogP contribution >= 0.6 is 0 Å². The number of hydrogen-bond acceptors (Lipinski definition) is 5. The number of nitrogens with one attached hydrogen (secondary N) is 1.